The van der Waals surface area contributed by atoms with Crippen LogP contribution in [0.25, 0.3) is 0 Å². The summed E-state index contributed by atoms with van der Waals surface area (Å²) in [6.45, 7) is 8.42. The Morgan fingerprint density at radius 2 is 1.80 bits per heavy atom. The van der Waals surface area contributed by atoms with Crippen molar-refractivity contribution < 1.29 is 13.6 Å². The molecular formula is C15H28ClO3P. The molecule has 0 aliphatic carbocycles. The Morgan fingerprint density at radius 3 is 2.30 bits per heavy atom. The van der Waals surface area contributed by atoms with Crippen LogP contribution in [0.15, 0.2) is 10.3 Å². The Morgan fingerprint density at radius 1 is 1.15 bits per heavy atom. The molecular weight excluding hydrogens is 295 g/mol. The minimum atomic E-state index is -3.19. The number of rotatable bonds is 9. The fourth-order valence-electron chi connectivity index (χ4n) is 2.64. The largest absolute Gasteiger partial charge is 0.359 e. The minimum Gasteiger partial charge on any atom is -0.306 e. The van der Waals surface area contributed by atoms with Gasteiger partial charge in [-0.15, -0.1) is 0 Å². The molecule has 1 aliphatic rings. The fraction of sp³-hybridized carbons (Fsp3) is 0.867. The Bertz CT molecular complexity index is 389. The summed E-state index contributed by atoms with van der Waals surface area (Å²) >= 11 is 6.54. The van der Waals surface area contributed by atoms with Crippen molar-refractivity contribution in [2.24, 2.45) is 0 Å². The van der Waals surface area contributed by atoms with Crippen LogP contribution in [0.2, 0.25) is 0 Å². The number of hydrogen-bond donors (Lipinski definition) is 0. The average Bonchev–Trinajstić information content (AvgIpc) is 2.65. The van der Waals surface area contributed by atoms with Crippen LogP contribution in [0.5, 0.6) is 0 Å². The molecule has 1 rings (SSSR count). The molecule has 0 fully saturated rings. The molecule has 1 atom stereocenters. The quantitative estimate of drug-likeness (QED) is 0.373. The van der Waals surface area contributed by atoms with Crippen LogP contribution in [0, 0.1) is 0 Å². The summed E-state index contributed by atoms with van der Waals surface area (Å²) in [6, 6.07) is 0. The molecule has 0 radical (unpaired) electrons. The highest BCUT2D eigenvalue weighted by molar-refractivity contribution is 7.59. The molecule has 0 saturated heterocycles. The molecule has 0 N–H and O–H groups in total. The van der Waals surface area contributed by atoms with Gasteiger partial charge in [0.1, 0.15) is 5.60 Å². The first kappa shape index (κ1) is 18.2. The zero-order chi connectivity index (χ0) is 15.2. The highest BCUT2D eigenvalue weighted by Crippen LogP contribution is 2.69. The predicted octanol–water partition coefficient (Wildman–Crippen LogP) is 6.23. The van der Waals surface area contributed by atoms with Crippen molar-refractivity contribution in [2.75, 3.05) is 6.61 Å². The molecule has 1 heterocycles. The Kier molecular flexibility index (Phi) is 7.28. The molecule has 1 unspecified atom stereocenters. The van der Waals surface area contributed by atoms with Crippen molar-refractivity contribution in [3.63, 3.8) is 0 Å². The molecule has 0 spiro atoms. The van der Waals surface area contributed by atoms with Gasteiger partial charge in [0.2, 0.25) is 0 Å². The Balaban J connectivity index is 2.96. The van der Waals surface area contributed by atoms with Gasteiger partial charge in [0.15, 0.2) is 0 Å². The molecule has 5 heteroatoms. The Labute approximate surface area is 128 Å². The van der Waals surface area contributed by atoms with E-state index < -0.39 is 13.2 Å². The summed E-state index contributed by atoms with van der Waals surface area (Å²) in [4.78, 5) is 0. The predicted molar refractivity (Wildman–Crippen MR) is 85.3 cm³/mol. The maximum Gasteiger partial charge on any atom is 0.359 e. The van der Waals surface area contributed by atoms with Crippen molar-refractivity contribution in [1.82, 2.24) is 0 Å². The molecule has 3 nitrogen and oxygen atoms in total. The van der Waals surface area contributed by atoms with Crippen molar-refractivity contribution in [2.45, 2.75) is 78.2 Å². The normalized spacial score (nSPS) is 25.4. The second-order valence-corrected chi connectivity index (χ2v) is 7.63. The summed E-state index contributed by atoms with van der Waals surface area (Å²) in [6.07, 6.45) is 6.65. The van der Waals surface area contributed by atoms with E-state index in [9.17, 15) is 4.57 Å². The fourth-order valence-corrected chi connectivity index (χ4v) is 5.75. The minimum absolute atomic E-state index is 0.378. The maximum atomic E-state index is 13.0. The smallest absolute Gasteiger partial charge is 0.306 e. The third kappa shape index (κ3) is 3.68. The maximum absolute atomic E-state index is 13.0. The highest BCUT2D eigenvalue weighted by Gasteiger charge is 2.51. The number of halogens is 1. The van der Waals surface area contributed by atoms with Gasteiger partial charge in [-0.3, -0.25) is 9.09 Å². The van der Waals surface area contributed by atoms with Crippen molar-refractivity contribution in [3.8, 4) is 0 Å². The summed E-state index contributed by atoms with van der Waals surface area (Å²) in [7, 11) is -3.19. The first-order valence-electron chi connectivity index (χ1n) is 7.84. The lowest BCUT2D eigenvalue weighted by molar-refractivity contribution is 0.0927. The van der Waals surface area contributed by atoms with Gasteiger partial charge in [0.25, 0.3) is 0 Å². The van der Waals surface area contributed by atoms with E-state index in [1.165, 1.54) is 12.8 Å². The molecule has 20 heavy (non-hydrogen) atoms. The van der Waals surface area contributed by atoms with Crippen LogP contribution in [-0.4, -0.2) is 12.2 Å². The molecule has 118 valence electrons. The third-order valence-electron chi connectivity index (χ3n) is 3.99. The van der Waals surface area contributed by atoms with Gasteiger partial charge in [-0.25, -0.2) is 0 Å². The first-order valence-corrected chi connectivity index (χ1v) is 9.76. The molecule has 1 aliphatic heterocycles. The molecule has 0 aromatic carbocycles. The van der Waals surface area contributed by atoms with Crippen molar-refractivity contribution >= 4 is 19.2 Å². The zero-order valence-electron chi connectivity index (χ0n) is 13.2. The van der Waals surface area contributed by atoms with E-state index in [1.54, 1.807) is 0 Å². The lowest BCUT2D eigenvalue weighted by atomic mass is 9.96. The average molecular weight is 323 g/mol. The van der Waals surface area contributed by atoms with Gasteiger partial charge >= 0.3 is 7.60 Å². The van der Waals surface area contributed by atoms with Gasteiger partial charge in [-0.05, 0) is 32.6 Å². The van der Waals surface area contributed by atoms with Gasteiger partial charge in [0, 0.05) is 0 Å². The van der Waals surface area contributed by atoms with Crippen molar-refractivity contribution in [1.29, 1.82) is 0 Å². The van der Waals surface area contributed by atoms with E-state index >= 15 is 0 Å². The van der Waals surface area contributed by atoms with E-state index in [-0.39, 0.29) is 0 Å². The van der Waals surface area contributed by atoms with Crippen LogP contribution in [0.4, 0.5) is 0 Å². The number of hydrogen-bond acceptors (Lipinski definition) is 3. The summed E-state index contributed by atoms with van der Waals surface area (Å²) < 4.78 is 24.3. The topological polar surface area (TPSA) is 35.5 Å². The van der Waals surface area contributed by atoms with Crippen LogP contribution in [-0.2, 0) is 13.6 Å². The van der Waals surface area contributed by atoms with Crippen molar-refractivity contribution in [3.05, 3.63) is 10.3 Å². The standard InChI is InChI=1S/C15H28ClO3P/c1-5-9-10-11-12-13-14(16)15(6-2,7-3)19-20(13,17)18-8-4/h5-12H2,1-4H3. The molecule has 0 saturated carbocycles. The van der Waals surface area contributed by atoms with E-state index in [4.69, 9.17) is 20.6 Å². The van der Waals surface area contributed by atoms with Gasteiger partial charge in [-0.1, -0.05) is 51.6 Å². The van der Waals surface area contributed by atoms with E-state index in [2.05, 4.69) is 6.92 Å². The van der Waals surface area contributed by atoms with E-state index in [0.717, 1.165) is 37.4 Å². The van der Waals surface area contributed by atoms with E-state index in [1.807, 2.05) is 20.8 Å². The number of allylic oxidation sites excluding steroid dienone is 1. The molecule has 0 aromatic rings. The summed E-state index contributed by atoms with van der Waals surface area (Å²) in [5.41, 5.74) is -0.605. The third-order valence-corrected chi connectivity index (χ3v) is 6.99. The first-order chi connectivity index (χ1) is 9.49. The lowest BCUT2D eigenvalue weighted by Crippen LogP contribution is -2.26. The Hall–Kier alpha value is 0.180. The van der Waals surface area contributed by atoms with Crippen LogP contribution in [0.1, 0.15) is 72.6 Å². The van der Waals surface area contributed by atoms with Crippen LogP contribution >= 0.6 is 19.2 Å². The monoisotopic (exact) mass is 322 g/mol. The van der Waals surface area contributed by atoms with Crippen LogP contribution in [0.3, 0.4) is 0 Å². The number of unbranched alkanes of at least 4 members (excludes halogenated alkanes) is 3. The second-order valence-electron chi connectivity index (χ2n) is 5.28. The molecule has 0 aromatic heterocycles. The van der Waals surface area contributed by atoms with Gasteiger partial charge < -0.3 is 4.52 Å². The zero-order valence-corrected chi connectivity index (χ0v) is 14.9. The van der Waals surface area contributed by atoms with Gasteiger partial charge in [-0.2, -0.15) is 0 Å². The molecule has 0 bridgehead atoms. The SMILES string of the molecule is CCCCCCC1=C(Cl)C(CC)(CC)OP1(=O)OCC. The summed E-state index contributed by atoms with van der Waals surface area (Å²) in [5, 5.41) is 1.36. The highest BCUT2D eigenvalue weighted by atomic mass is 35.5. The van der Waals surface area contributed by atoms with Gasteiger partial charge in [0.05, 0.1) is 17.0 Å². The van der Waals surface area contributed by atoms with Crippen LogP contribution < -0.4 is 0 Å². The molecule has 0 amide bonds. The van der Waals surface area contributed by atoms with E-state index in [0.29, 0.717) is 11.6 Å². The lowest BCUT2D eigenvalue weighted by Gasteiger charge is -2.27. The second kappa shape index (κ2) is 7.98. The summed E-state index contributed by atoms with van der Waals surface area (Å²) in [5.74, 6) is 0.